The first-order valence-corrected chi connectivity index (χ1v) is 7.96. The Hall–Kier alpha value is -3.08. The molecule has 3 aromatic rings. The minimum Gasteiger partial charge on any atom is -0.497 e. The highest BCUT2D eigenvalue weighted by molar-refractivity contribution is 5.82. The minimum atomic E-state index is 0.808. The van der Waals surface area contributed by atoms with Gasteiger partial charge in [-0.2, -0.15) is 0 Å². The Morgan fingerprint density at radius 3 is 1.72 bits per heavy atom. The normalized spacial score (nSPS) is 10.4. The molecular weight excluding hydrogens is 314 g/mol. The van der Waals surface area contributed by atoms with Crippen molar-refractivity contribution in [2.45, 2.75) is 0 Å². The average Bonchev–Trinajstić information content (AvgIpc) is 2.67. The van der Waals surface area contributed by atoms with Gasteiger partial charge >= 0.3 is 0 Å². The Morgan fingerprint density at radius 2 is 1.24 bits per heavy atom. The van der Waals surface area contributed by atoms with E-state index in [0.29, 0.717) is 0 Å². The standard InChI is InChI=1S/C20H21N3O2/c1-23(2)19-13-18(14-5-9-16(24-3)10-6-14)20(22-21-19)15-7-11-17(25-4)12-8-15/h5-13H,1-4H3. The van der Waals surface area contributed by atoms with E-state index in [1.54, 1.807) is 14.2 Å². The third-order valence-corrected chi connectivity index (χ3v) is 4.00. The van der Waals surface area contributed by atoms with Crippen molar-refractivity contribution in [3.05, 3.63) is 54.6 Å². The van der Waals surface area contributed by atoms with Gasteiger partial charge in [-0.05, 0) is 48.0 Å². The molecule has 2 aromatic carbocycles. The van der Waals surface area contributed by atoms with Gasteiger partial charge in [-0.1, -0.05) is 12.1 Å². The number of methoxy groups -OCH3 is 2. The van der Waals surface area contributed by atoms with Crippen LogP contribution in [-0.2, 0) is 0 Å². The van der Waals surface area contributed by atoms with E-state index >= 15 is 0 Å². The van der Waals surface area contributed by atoms with Crippen molar-refractivity contribution in [3.8, 4) is 33.9 Å². The van der Waals surface area contributed by atoms with Crippen molar-refractivity contribution >= 4 is 5.82 Å². The lowest BCUT2D eigenvalue weighted by molar-refractivity contribution is 0.414. The molecule has 0 radical (unpaired) electrons. The summed E-state index contributed by atoms with van der Waals surface area (Å²) in [5.41, 5.74) is 3.90. The molecule has 0 aliphatic carbocycles. The van der Waals surface area contributed by atoms with E-state index in [2.05, 4.69) is 10.2 Å². The highest BCUT2D eigenvalue weighted by Crippen LogP contribution is 2.33. The molecule has 1 heterocycles. The van der Waals surface area contributed by atoms with Crippen molar-refractivity contribution in [2.24, 2.45) is 0 Å². The summed E-state index contributed by atoms with van der Waals surface area (Å²) < 4.78 is 10.5. The summed E-state index contributed by atoms with van der Waals surface area (Å²) in [5.74, 6) is 2.44. The Bertz CT molecular complexity index is 844. The zero-order valence-electron chi connectivity index (χ0n) is 14.9. The lowest BCUT2D eigenvalue weighted by atomic mass is 9.99. The monoisotopic (exact) mass is 335 g/mol. The number of aromatic nitrogens is 2. The molecular formula is C20H21N3O2. The fourth-order valence-electron chi connectivity index (χ4n) is 2.55. The van der Waals surface area contributed by atoms with E-state index in [-0.39, 0.29) is 0 Å². The van der Waals surface area contributed by atoms with Crippen molar-refractivity contribution in [2.75, 3.05) is 33.2 Å². The second-order valence-electron chi connectivity index (χ2n) is 5.82. The Morgan fingerprint density at radius 1 is 0.720 bits per heavy atom. The molecule has 3 rings (SSSR count). The number of ether oxygens (including phenoxy) is 2. The molecule has 0 spiro atoms. The fraction of sp³-hybridized carbons (Fsp3) is 0.200. The molecule has 5 heteroatoms. The maximum Gasteiger partial charge on any atom is 0.151 e. The molecule has 0 aliphatic rings. The van der Waals surface area contributed by atoms with Gasteiger partial charge in [0.1, 0.15) is 17.2 Å². The summed E-state index contributed by atoms with van der Waals surface area (Å²) in [5, 5.41) is 8.82. The van der Waals surface area contributed by atoms with Crippen LogP contribution in [-0.4, -0.2) is 38.5 Å². The van der Waals surface area contributed by atoms with Crippen molar-refractivity contribution in [1.82, 2.24) is 10.2 Å². The Balaban J connectivity index is 2.12. The highest BCUT2D eigenvalue weighted by atomic mass is 16.5. The van der Waals surface area contributed by atoms with Crippen LogP contribution in [0.25, 0.3) is 22.4 Å². The molecule has 0 saturated carbocycles. The van der Waals surface area contributed by atoms with Gasteiger partial charge in [-0.15, -0.1) is 10.2 Å². The third kappa shape index (κ3) is 3.55. The van der Waals surface area contributed by atoms with Crippen LogP contribution < -0.4 is 14.4 Å². The van der Waals surface area contributed by atoms with Gasteiger partial charge in [0.25, 0.3) is 0 Å². The average molecular weight is 335 g/mol. The van der Waals surface area contributed by atoms with Gasteiger partial charge in [0, 0.05) is 25.2 Å². The topological polar surface area (TPSA) is 47.5 Å². The number of hydrogen-bond donors (Lipinski definition) is 0. The molecule has 5 nitrogen and oxygen atoms in total. The Kier molecular flexibility index (Phi) is 4.84. The van der Waals surface area contributed by atoms with Crippen LogP contribution in [0.1, 0.15) is 0 Å². The molecule has 1 aromatic heterocycles. The van der Waals surface area contributed by atoms with Gasteiger partial charge in [0.05, 0.1) is 14.2 Å². The molecule has 0 bridgehead atoms. The summed E-state index contributed by atoms with van der Waals surface area (Å²) >= 11 is 0. The first-order valence-electron chi connectivity index (χ1n) is 7.96. The van der Waals surface area contributed by atoms with Crippen molar-refractivity contribution in [1.29, 1.82) is 0 Å². The lowest BCUT2D eigenvalue weighted by Gasteiger charge is -2.15. The molecule has 0 fully saturated rings. The third-order valence-electron chi connectivity index (χ3n) is 4.00. The van der Waals surface area contributed by atoms with Crippen LogP contribution in [0, 0.1) is 0 Å². The van der Waals surface area contributed by atoms with Crippen LogP contribution in [0.4, 0.5) is 5.82 Å². The summed E-state index contributed by atoms with van der Waals surface area (Å²) in [4.78, 5) is 1.94. The number of benzene rings is 2. The smallest absolute Gasteiger partial charge is 0.151 e. The van der Waals surface area contributed by atoms with Crippen LogP contribution >= 0.6 is 0 Å². The van der Waals surface area contributed by atoms with E-state index < -0.39 is 0 Å². The van der Waals surface area contributed by atoms with Gasteiger partial charge in [-0.25, -0.2) is 0 Å². The van der Waals surface area contributed by atoms with Crippen molar-refractivity contribution < 1.29 is 9.47 Å². The largest absolute Gasteiger partial charge is 0.497 e. The van der Waals surface area contributed by atoms with Crippen LogP contribution in [0.5, 0.6) is 11.5 Å². The summed E-state index contributed by atoms with van der Waals surface area (Å²) in [7, 11) is 7.23. The second-order valence-corrected chi connectivity index (χ2v) is 5.82. The molecule has 0 N–H and O–H groups in total. The molecule has 0 atom stereocenters. The zero-order valence-corrected chi connectivity index (χ0v) is 14.9. The van der Waals surface area contributed by atoms with Gasteiger partial charge < -0.3 is 14.4 Å². The molecule has 0 aliphatic heterocycles. The fourth-order valence-corrected chi connectivity index (χ4v) is 2.55. The molecule has 0 saturated heterocycles. The quantitative estimate of drug-likeness (QED) is 0.708. The van der Waals surface area contributed by atoms with E-state index in [4.69, 9.17) is 9.47 Å². The lowest BCUT2D eigenvalue weighted by Crippen LogP contribution is -2.12. The van der Waals surface area contributed by atoms with Crippen molar-refractivity contribution in [3.63, 3.8) is 0 Å². The number of anilines is 1. The number of nitrogens with zero attached hydrogens (tertiary/aromatic N) is 3. The molecule has 25 heavy (non-hydrogen) atoms. The van der Waals surface area contributed by atoms with Gasteiger partial charge in [0.2, 0.25) is 0 Å². The Labute approximate surface area is 147 Å². The molecule has 0 unspecified atom stereocenters. The maximum absolute atomic E-state index is 5.26. The van der Waals surface area contributed by atoms with E-state index in [0.717, 1.165) is 39.7 Å². The van der Waals surface area contributed by atoms with Crippen LogP contribution in [0.15, 0.2) is 54.6 Å². The van der Waals surface area contributed by atoms with Gasteiger partial charge in [-0.3, -0.25) is 0 Å². The highest BCUT2D eigenvalue weighted by Gasteiger charge is 2.13. The summed E-state index contributed by atoms with van der Waals surface area (Å²) in [6.07, 6.45) is 0. The van der Waals surface area contributed by atoms with Gasteiger partial charge in [0.15, 0.2) is 5.82 Å². The van der Waals surface area contributed by atoms with E-state index in [1.807, 2.05) is 73.6 Å². The summed E-state index contributed by atoms with van der Waals surface area (Å²) in [6.45, 7) is 0. The summed E-state index contributed by atoms with van der Waals surface area (Å²) in [6, 6.07) is 17.8. The second kappa shape index (κ2) is 7.21. The first-order chi connectivity index (χ1) is 12.1. The minimum absolute atomic E-state index is 0.808. The predicted octanol–water partition coefficient (Wildman–Crippen LogP) is 3.89. The molecule has 128 valence electrons. The maximum atomic E-state index is 5.26. The zero-order chi connectivity index (χ0) is 17.8. The van der Waals surface area contributed by atoms with E-state index in [9.17, 15) is 0 Å². The predicted molar refractivity (Wildman–Crippen MR) is 100 cm³/mol. The SMILES string of the molecule is COc1ccc(-c2cc(N(C)C)nnc2-c2ccc(OC)cc2)cc1. The number of hydrogen-bond acceptors (Lipinski definition) is 5. The van der Waals surface area contributed by atoms with Crippen LogP contribution in [0.3, 0.4) is 0 Å². The molecule has 0 amide bonds. The van der Waals surface area contributed by atoms with E-state index in [1.165, 1.54) is 0 Å². The number of rotatable bonds is 5. The first kappa shape index (κ1) is 16.8. The van der Waals surface area contributed by atoms with Crippen LogP contribution in [0.2, 0.25) is 0 Å².